The smallest absolute Gasteiger partial charge is 0.410 e. The Balaban J connectivity index is 1.63. The van der Waals surface area contributed by atoms with Crippen molar-refractivity contribution in [2.24, 2.45) is 5.92 Å². The number of carbonyl (C=O) groups excluding carboxylic acids is 2. The number of benzene rings is 1. The van der Waals surface area contributed by atoms with Gasteiger partial charge in [0.1, 0.15) is 6.10 Å². The summed E-state index contributed by atoms with van der Waals surface area (Å²) < 4.78 is 5.44. The third-order valence-corrected chi connectivity index (χ3v) is 4.70. The highest BCUT2D eigenvalue weighted by Crippen LogP contribution is 2.28. The van der Waals surface area contributed by atoms with Gasteiger partial charge in [0.2, 0.25) is 5.91 Å². The van der Waals surface area contributed by atoms with Gasteiger partial charge in [-0.25, -0.2) is 4.79 Å². The Labute approximate surface area is 141 Å². The minimum atomic E-state index is -0.279. The number of fused-ring (bicyclic) bond motifs is 1. The number of rotatable bonds is 4. The van der Waals surface area contributed by atoms with E-state index in [9.17, 15) is 9.59 Å². The maximum absolute atomic E-state index is 12.1. The van der Waals surface area contributed by atoms with Crippen molar-refractivity contribution in [3.63, 3.8) is 0 Å². The van der Waals surface area contributed by atoms with E-state index in [0.717, 1.165) is 12.0 Å². The number of hydrogen-bond acceptors (Lipinski definition) is 3. The van der Waals surface area contributed by atoms with Crippen LogP contribution in [0.15, 0.2) is 24.3 Å². The van der Waals surface area contributed by atoms with Gasteiger partial charge in [0.05, 0.1) is 12.6 Å². The van der Waals surface area contributed by atoms with Crippen molar-refractivity contribution in [2.75, 3.05) is 19.6 Å². The normalized spacial score (nSPS) is 23.4. The number of hydrogen-bond donors (Lipinski definition) is 0. The summed E-state index contributed by atoms with van der Waals surface area (Å²) in [6.45, 7) is 5.41. The summed E-state index contributed by atoms with van der Waals surface area (Å²) in [7, 11) is 0. The molecule has 2 atom stereocenters. The minimum absolute atomic E-state index is 0.0376. The molecule has 0 bridgehead atoms. The zero-order valence-electron chi connectivity index (χ0n) is 13.4. The van der Waals surface area contributed by atoms with Crippen LogP contribution in [0.2, 0.25) is 5.02 Å². The van der Waals surface area contributed by atoms with Gasteiger partial charge in [-0.2, -0.15) is 0 Å². The molecule has 0 spiro atoms. The number of likely N-dealkylation sites (tertiary alicyclic amines) is 1. The van der Waals surface area contributed by atoms with Gasteiger partial charge >= 0.3 is 6.09 Å². The van der Waals surface area contributed by atoms with E-state index >= 15 is 0 Å². The topological polar surface area (TPSA) is 49.9 Å². The minimum Gasteiger partial charge on any atom is -0.442 e. The van der Waals surface area contributed by atoms with Crippen LogP contribution in [0.3, 0.4) is 0 Å². The summed E-state index contributed by atoms with van der Waals surface area (Å²) in [6, 6.07) is 7.60. The highest BCUT2D eigenvalue weighted by Gasteiger charge is 2.48. The predicted octanol–water partition coefficient (Wildman–Crippen LogP) is 2.57. The predicted molar refractivity (Wildman–Crippen MR) is 87.3 cm³/mol. The Morgan fingerprint density at radius 3 is 2.87 bits per heavy atom. The first-order chi connectivity index (χ1) is 11.0. The lowest BCUT2D eigenvalue weighted by atomic mass is 10.1. The van der Waals surface area contributed by atoms with Crippen molar-refractivity contribution in [3.8, 4) is 0 Å². The van der Waals surface area contributed by atoms with Gasteiger partial charge in [-0.15, -0.1) is 0 Å². The molecule has 2 saturated heterocycles. The second-order valence-electron chi connectivity index (χ2n) is 6.46. The van der Waals surface area contributed by atoms with Crippen molar-refractivity contribution in [3.05, 3.63) is 34.9 Å². The molecule has 0 aliphatic carbocycles. The summed E-state index contributed by atoms with van der Waals surface area (Å²) in [5.74, 6) is 0.0784. The number of amides is 2. The Kier molecular flexibility index (Phi) is 4.48. The fraction of sp³-hybridized carbons (Fsp3) is 0.529. The molecule has 0 saturated carbocycles. The van der Waals surface area contributed by atoms with Crippen molar-refractivity contribution < 1.29 is 14.3 Å². The first kappa shape index (κ1) is 16.1. The lowest BCUT2D eigenvalue weighted by Crippen LogP contribution is -2.41. The molecule has 124 valence electrons. The van der Waals surface area contributed by atoms with Crippen molar-refractivity contribution in [1.29, 1.82) is 0 Å². The van der Waals surface area contributed by atoms with E-state index in [4.69, 9.17) is 16.3 Å². The molecule has 5 nitrogen and oxygen atoms in total. The van der Waals surface area contributed by atoms with Gasteiger partial charge in [0, 0.05) is 24.0 Å². The Morgan fingerprint density at radius 2 is 2.17 bits per heavy atom. The standard InChI is InChI=1S/C17H21ClN2O3/c1-11(2)16(21)19-9-14-15(10-19)23-17(22)20(14)7-6-12-4-3-5-13(18)8-12/h3-5,8,11,14-15H,6-7,9-10H2,1-2H3/t14-,15+/m0/s1. The van der Waals surface area contributed by atoms with Crippen LogP contribution < -0.4 is 0 Å². The highest BCUT2D eigenvalue weighted by atomic mass is 35.5. The Morgan fingerprint density at radius 1 is 1.39 bits per heavy atom. The average molecular weight is 337 g/mol. The van der Waals surface area contributed by atoms with Gasteiger partial charge in [-0.05, 0) is 24.1 Å². The summed E-state index contributed by atoms with van der Waals surface area (Å²) in [6.07, 6.45) is 0.236. The number of carbonyl (C=O) groups is 2. The van der Waals surface area contributed by atoms with Crippen LogP contribution in [0, 0.1) is 5.92 Å². The zero-order valence-corrected chi connectivity index (χ0v) is 14.1. The summed E-state index contributed by atoms with van der Waals surface area (Å²) in [5, 5.41) is 0.693. The highest BCUT2D eigenvalue weighted by molar-refractivity contribution is 6.30. The molecule has 2 aliphatic heterocycles. The number of nitrogens with zero attached hydrogens (tertiary/aromatic N) is 2. The molecule has 1 aromatic carbocycles. The monoisotopic (exact) mass is 336 g/mol. The van der Waals surface area contributed by atoms with E-state index in [1.807, 2.05) is 38.1 Å². The lowest BCUT2D eigenvalue weighted by molar-refractivity contribution is -0.134. The molecule has 2 heterocycles. The summed E-state index contributed by atoms with van der Waals surface area (Å²) in [4.78, 5) is 27.7. The van der Waals surface area contributed by atoms with Crippen molar-refractivity contribution >= 4 is 23.6 Å². The third-order valence-electron chi connectivity index (χ3n) is 4.46. The molecule has 0 radical (unpaired) electrons. The molecule has 0 unspecified atom stereocenters. The van der Waals surface area contributed by atoms with Crippen LogP contribution in [-0.4, -0.2) is 53.6 Å². The first-order valence-electron chi connectivity index (χ1n) is 7.96. The Bertz CT molecular complexity index is 620. The molecule has 6 heteroatoms. The van der Waals surface area contributed by atoms with Gasteiger partial charge in [0.15, 0.2) is 0 Å². The molecule has 1 aromatic rings. The molecule has 2 fully saturated rings. The van der Waals surface area contributed by atoms with E-state index in [2.05, 4.69) is 0 Å². The van der Waals surface area contributed by atoms with Gasteiger partial charge < -0.3 is 9.64 Å². The molecule has 23 heavy (non-hydrogen) atoms. The SMILES string of the molecule is CC(C)C(=O)N1C[C@H]2OC(=O)N(CCc3cccc(Cl)c3)[C@H]2C1. The molecule has 0 aromatic heterocycles. The molecule has 2 amide bonds. The summed E-state index contributed by atoms with van der Waals surface area (Å²) >= 11 is 5.99. The second kappa shape index (κ2) is 6.40. The van der Waals surface area contributed by atoms with E-state index in [0.29, 0.717) is 24.7 Å². The van der Waals surface area contributed by atoms with E-state index in [1.54, 1.807) is 9.80 Å². The van der Waals surface area contributed by atoms with Crippen LogP contribution in [0.4, 0.5) is 4.79 Å². The van der Waals surface area contributed by atoms with Crippen LogP contribution in [0.25, 0.3) is 0 Å². The average Bonchev–Trinajstić information content (AvgIpc) is 3.01. The van der Waals surface area contributed by atoms with Crippen LogP contribution in [0.1, 0.15) is 19.4 Å². The Hall–Kier alpha value is -1.75. The quantitative estimate of drug-likeness (QED) is 0.849. The fourth-order valence-corrected chi connectivity index (χ4v) is 3.46. The van der Waals surface area contributed by atoms with E-state index in [-0.39, 0.29) is 30.1 Å². The van der Waals surface area contributed by atoms with E-state index < -0.39 is 0 Å². The van der Waals surface area contributed by atoms with Gasteiger partial charge in [-0.1, -0.05) is 37.6 Å². The molecule has 2 aliphatic rings. The largest absolute Gasteiger partial charge is 0.442 e. The molecule has 3 rings (SSSR count). The molecular weight excluding hydrogens is 316 g/mol. The zero-order chi connectivity index (χ0) is 16.6. The third kappa shape index (κ3) is 3.29. The van der Waals surface area contributed by atoms with Gasteiger partial charge in [0.25, 0.3) is 0 Å². The first-order valence-corrected chi connectivity index (χ1v) is 8.34. The van der Waals surface area contributed by atoms with Crippen molar-refractivity contribution in [2.45, 2.75) is 32.4 Å². The van der Waals surface area contributed by atoms with Crippen LogP contribution in [0.5, 0.6) is 0 Å². The molecule has 0 N–H and O–H groups in total. The number of ether oxygens (including phenoxy) is 1. The molecular formula is C17H21ClN2O3. The van der Waals surface area contributed by atoms with Crippen molar-refractivity contribution in [1.82, 2.24) is 9.80 Å². The maximum atomic E-state index is 12.1. The van der Waals surface area contributed by atoms with E-state index in [1.165, 1.54) is 0 Å². The summed E-state index contributed by atoms with van der Waals surface area (Å²) in [5.41, 5.74) is 1.09. The van der Waals surface area contributed by atoms with Crippen LogP contribution in [-0.2, 0) is 16.0 Å². The lowest BCUT2D eigenvalue weighted by Gasteiger charge is -2.23. The van der Waals surface area contributed by atoms with Crippen LogP contribution >= 0.6 is 11.6 Å². The van der Waals surface area contributed by atoms with Gasteiger partial charge in [-0.3, -0.25) is 9.69 Å². The second-order valence-corrected chi connectivity index (χ2v) is 6.90. The number of halogens is 1. The fourth-order valence-electron chi connectivity index (χ4n) is 3.25. The maximum Gasteiger partial charge on any atom is 0.410 e.